The number of nitriles is 1. The van der Waals surface area contributed by atoms with Crippen LogP contribution in [0.5, 0.6) is 5.75 Å². The Hall–Kier alpha value is -2.81. The van der Waals surface area contributed by atoms with E-state index in [9.17, 15) is 9.59 Å². The summed E-state index contributed by atoms with van der Waals surface area (Å²) in [5, 5.41) is 11.0. The zero-order chi connectivity index (χ0) is 15.7. The van der Waals surface area contributed by atoms with Crippen molar-refractivity contribution in [3.8, 4) is 11.8 Å². The van der Waals surface area contributed by atoms with E-state index in [0.717, 1.165) is 0 Å². The third-order valence-electron chi connectivity index (χ3n) is 2.34. The fourth-order valence-electron chi connectivity index (χ4n) is 1.50. The number of hydrogen-bond donors (Lipinski definition) is 1. The van der Waals surface area contributed by atoms with Crippen molar-refractivity contribution >= 4 is 18.1 Å². The number of imide groups is 1. The maximum absolute atomic E-state index is 11.7. The summed E-state index contributed by atoms with van der Waals surface area (Å²) in [7, 11) is 0. The second kappa shape index (κ2) is 8.38. The van der Waals surface area contributed by atoms with E-state index < -0.39 is 12.0 Å². The number of nitrogens with one attached hydrogen (secondary N) is 1. The Bertz CT molecular complexity index is 588. The number of amides is 2. The third kappa shape index (κ3) is 5.37. The minimum atomic E-state index is -0.883. The van der Waals surface area contributed by atoms with Gasteiger partial charge in [-0.05, 0) is 37.6 Å². The van der Waals surface area contributed by atoms with Gasteiger partial charge in [0.2, 0.25) is 0 Å². The lowest BCUT2D eigenvalue weighted by Crippen LogP contribution is -2.31. The Labute approximate surface area is 123 Å². The molecule has 0 heterocycles. The number of benzene rings is 1. The molecule has 0 aliphatic carbocycles. The van der Waals surface area contributed by atoms with Gasteiger partial charge in [0, 0.05) is 0 Å². The van der Waals surface area contributed by atoms with Gasteiger partial charge in [0.05, 0.1) is 13.2 Å². The third-order valence-corrected chi connectivity index (χ3v) is 2.34. The highest BCUT2D eigenvalue weighted by molar-refractivity contribution is 6.07. The summed E-state index contributed by atoms with van der Waals surface area (Å²) in [4.78, 5) is 22.9. The summed E-state index contributed by atoms with van der Waals surface area (Å²) < 4.78 is 9.91. The van der Waals surface area contributed by atoms with Crippen molar-refractivity contribution in [1.29, 1.82) is 5.26 Å². The molecule has 6 heteroatoms. The molecule has 1 aromatic carbocycles. The van der Waals surface area contributed by atoms with E-state index >= 15 is 0 Å². The highest BCUT2D eigenvalue weighted by Gasteiger charge is 2.13. The number of alkyl carbamates (subject to hydrolysis) is 1. The molecule has 0 fully saturated rings. The number of carbonyl (C=O) groups excluding carboxylic acids is 2. The van der Waals surface area contributed by atoms with Gasteiger partial charge in [-0.15, -0.1) is 0 Å². The zero-order valence-electron chi connectivity index (χ0n) is 11.9. The van der Waals surface area contributed by atoms with Crippen LogP contribution < -0.4 is 10.1 Å². The normalized spacial score (nSPS) is 10.4. The van der Waals surface area contributed by atoms with Crippen LogP contribution in [0.1, 0.15) is 19.4 Å². The predicted molar refractivity (Wildman–Crippen MR) is 76.4 cm³/mol. The highest BCUT2D eigenvalue weighted by atomic mass is 16.5. The lowest BCUT2D eigenvalue weighted by Gasteiger charge is -2.05. The molecule has 0 aliphatic rings. The lowest BCUT2D eigenvalue weighted by atomic mass is 10.1. The smallest absolute Gasteiger partial charge is 0.414 e. The Morgan fingerprint density at radius 2 is 2.10 bits per heavy atom. The Morgan fingerprint density at radius 3 is 2.71 bits per heavy atom. The van der Waals surface area contributed by atoms with Gasteiger partial charge in [0.25, 0.3) is 5.91 Å². The van der Waals surface area contributed by atoms with Crippen molar-refractivity contribution in [2.45, 2.75) is 13.8 Å². The summed E-state index contributed by atoms with van der Waals surface area (Å²) in [5.74, 6) is -0.174. The first-order chi connectivity index (χ1) is 10.1. The minimum absolute atomic E-state index is 0.140. The first-order valence-corrected chi connectivity index (χ1v) is 6.43. The number of hydrogen-bond acceptors (Lipinski definition) is 5. The molecule has 0 atom stereocenters. The zero-order valence-corrected chi connectivity index (χ0v) is 11.9. The van der Waals surface area contributed by atoms with Gasteiger partial charge in [0.15, 0.2) is 0 Å². The van der Waals surface area contributed by atoms with E-state index in [-0.39, 0.29) is 12.2 Å². The molecule has 0 bridgehead atoms. The molecule has 1 rings (SSSR count). The number of ether oxygens (including phenoxy) is 2. The standard InChI is InChI=1S/C15H16N2O4/c1-3-20-13-7-5-6-11(9-13)8-12(10-16)14(18)17-15(19)21-4-2/h5-9H,3-4H2,1-2H3,(H,17,18,19)/b12-8+. The topological polar surface area (TPSA) is 88.4 Å². The van der Waals surface area contributed by atoms with E-state index in [1.165, 1.54) is 6.08 Å². The number of carbonyl (C=O) groups is 2. The van der Waals surface area contributed by atoms with Crippen molar-refractivity contribution in [2.24, 2.45) is 0 Å². The van der Waals surface area contributed by atoms with Crippen LogP contribution in [-0.4, -0.2) is 25.2 Å². The number of nitrogens with zero attached hydrogens (tertiary/aromatic N) is 1. The SMILES string of the molecule is CCOC(=O)NC(=O)/C(C#N)=C/c1cccc(OCC)c1. The fourth-order valence-corrected chi connectivity index (χ4v) is 1.50. The van der Waals surface area contributed by atoms with Crippen LogP contribution in [0.25, 0.3) is 6.08 Å². The second-order valence-electron chi connectivity index (χ2n) is 3.85. The molecule has 1 N–H and O–H groups in total. The summed E-state index contributed by atoms with van der Waals surface area (Å²) in [6.07, 6.45) is 0.489. The monoisotopic (exact) mass is 288 g/mol. The molecule has 21 heavy (non-hydrogen) atoms. The highest BCUT2D eigenvalue weighted by Crippen LogP contribution is 2.15. The average molecular weight is 288 g/mol. The molecule has 6 nitrogen and oxygen atoms in total. The second-order valence-corrected chi connectivity index (χ2v) is 3.85. The largest absolute Gasteiger partial charge is 0.494 e. The first-order valence-electron chi connectivity index (χ1n) is 6.43. The van der Waals surface area contributed by atoms with E-state index in [2.05, 4.69) is 4.74 Å². The van der Waals surface area contributed by atoms with Crippen LogP contribution in [0.3, 0.4) is 0 Å². The fraction of sp³-hybridized carbons (Fsp3) is 0.267. The Balaban J connectivity index is 2.88. The molecular weight excluding hydrogens is 272 g/mol. The first kappa shape index (κ1) is 16.2. The van der Waals surface area contributed by atoms with Crippen LogP contribution >= 0.6 is 0 Å². The van der Waals surface area contributed by atoms with E-state index in [4.69, 9.17) is 10.00 Å². The van der Waals surface area contributed by atoms with E-state index in [1.807, 2.05) is 12.2 Å². The number of rotatable bonds is 5. The van der Waals surface area contributed by atoms with Crippen LogP contribution in [0.2, 0.25) is 0 Å². The summed E-state index contributed by atoms with van der Waals surface area (Å²) in [6.45, 7) is 4.13. The van der Waals surface area contributed by atoms with Gasteiger partial charge in [-0.3, -0.25) is 10.1 Å². The van der Waals surface area contributed by atoms with Gasteiger partial charge in [-0.2, -0.15) is 5.26 Å². The summed E-state index contributed by atoms with van der Waals surface area (Å²) >= 11 is 0. The van der Waals surface area contributed by atoms with Crippen LogP contribution in [-0.2, 0) is 9.53 Å². The molecule has 0 saturated carbocycles. The molecule has 0 aliphatic heterocycles. The van der Waals surface area contributed by atoms with Crippen LogP contribution in [0.15, 0.2) is 29.8 Å². The molecule has 0 saturated heterocycles. The van der Waals surface area contributed by atoms with Gasteiger partial charge < -0.3 is 9.47 Å². The van der Waals surface area contributed by atoms with E-state index in [1.54, 1.807) is 37.3 Å². The molecular formula is C15H16N2O4. The quantitative estimate of drug-likeness (QED) is 0.663. The van der Waals surface area contributed by atoms with Crippen molar-refractivity contribution in [2.75, 3.05) is 13.2 Å². The van der Waals surface area contributed by atoms with Crippen molar-refractivity contribution in [3.63, 3.8) is 0 Å². The maximum Gasteiger partial charge on any atom is 0.414 e. The Morgan fingerprint density at radius 1 is 1.33 bits per heavy atom. The molecule has 0 unspecified atom stereocenters. The molecule has 0 aromatic heterocycles. The molecule has 1 aromatic rings. The van der Waals surface area contributed by atoms with Gasteiger partial charge in [-0.1, -0.05) is 12.1 Å². The molecule has 2 amide bonds. The van der Waals surface area contributed by atoms with Crippen molar-refractivity contribution < 1.29 is 19.1 Å². The van der Waals surface area contributed by atoms with Crippen molar-refractivity contribution in [3.05, 3.63) is 35.4 Å². The average Bonchev–Trinajstić information content (AvgIpc) is 2.45. The molecule has 0 radical (unpaired) electrons. The van der Waals surface area contributed by atoms with Crippen molar-refractivity contribution in [1.82, 2.24) is 5.32 Å². The van der Waals surface area contributed by atoms with Crippen LogP contribution in [0, 0.1) is 11.3 Å². The maximum atomic E-state index is 11.7. The molecule has 0 spiro atoms. The minimum Gasteiger partial charge on any atom is -0.494 e. The Kier molecular flexibility index (Phi) is 6.48. The summed E-state index contributed by atoms with van der Waals surface area (Å²) in [5.41, 5.74) is 0.424. The molecule has 110 valence electrons. The van der Waals surface area contributed by atoms with Crippen LogP contribution in [0.4, 0.5) is 4.79 Å². The predicted octanol–water partition coefficient (Wildman–Crippen LogP) is 2.26. The summed E-state index contributed by atoms with van der Waals surface area (Å²) in [6, 6.07) is 8.68. The van der Waals surface area contributed by atoms with Gasteiger partial charge >= 0.3 is 6.09 Å². The van der Waals surface area contributed by atoms with Gasteiger partial charge in [-0.25, -0.2) is 4.79 Å². The lowest BCUT2D eigenvalue weighted by molar-refractivity contribution is -0.116. The van der Waals surface area contributed by atoms with Gasteiger partial charge in [0.1, 0.15) is 17.4 Å². The van der Waals surface area contributed by atoms with E-state index in [0.29, 0.717) is 17.9 Å².